The van der Waals surface area contributed by atoms with E-state index in [1.54, 1.807) is 52.0 Å². The molecule has 0 aliphatic heterocycles. The standard InChI is InChI=1S/C17H22FNO3/c1-16(2,3)22-15(21)19(5)17(4,12-20)11-10-13-6-8-14(18)9-7-13/h6-12H,1-5H3/b11-10+. The van der Waals surface area contributed by atoms with Crippen LogP contribution in [-0.4, -0.2) is 35.5 Å². The Morgan fingerprint density at radius 1 is 1.18 bits per heavy atom. The SMILES string of the molecule is CN(C(=O)OC(C)(C)C)C(C)(C=O)/C=C/c1ccc(F)cc1. The first kappa shape index (κ1) is 17.9. The Labute approximate surface area is 130 Å². The Morgan fingerprint density at radius 2 is 1.73 bits per heavy atom. The molecule has 1 amide bonds. The molecule has 1 aromatic carbocycles. The second-order valence-electron chi connectivity index (χ2n) is 6.27. The zero-order valence-electron chi connectivity index (χ0n) is 13.6. The second-order valence-corrected chi connectivity index (χ2v) is 6.27. The fraction of sp³-hybridized carbons (Fsp3) is 0.412. The average Bonchev–Trinajstić information content (AvgIpc) is 2.43. The number of ether oxygens (including phenoxy) is 1. The van der Waals surface area contributed by atoms with E-state index in [1.807, 2.05) is 0 Å². The minimum atomic E-state index is -1.16. The number of halogens is 1. The third kappa shape index (κ3) is 4.98. The van der Waals surface area contributed by atoms with Crippen LogP contribution >= 0.6 is 0 Å². The molecule has 1 unspecified atom stereocenters. The van der Waals surface area contributed by atoms with Gasteiger partial charge in [0.2, 0.25) is 0 Å². The number of nitrogens with zero attached hydrogens (tertiary/aromatic N) is 1. The smallest absolute Gasteiger partial charge is 0.411 e. The van der Waals surface area contributed by atoms with Crippen LogP contribution in [0.1, 0.15) is 33.3 Å². The average molecular weight is 307 g/mol. The zero-order chi connectivity index (χ0) is 17.0. The number of benzene rings is 1. The van der Waals surface area contributed by atoms with Gasteiger partial charge >= 0.3 is 6.09 Å². The summed E-state index contributed by atoms with van der Waals surface area (Å²) in [6.45, 7) is 6.87. The van der Waals surface area contributed by atoms with Gasteiger partial charge in [-0.1, -0.05) is 24.3 Å². The van der Waals surface area contributed by atoms with Crippen molar-refractivity contribution in [1.29, 1.82) is 0 Å². The molecule has 0 heterocycles. The topological polar surface area (TPSA) is 46.6 Å². The summed E-state index contributed by atoms with van der Waals surface area (Å²) in [6, 6.07) is 5.83. The highest BCUT2D eigenvalue weighted by Gasteiger charge is 2.32. The largest absolute Gasteiger partial charge is 0.444 e. The predicted octanol–water partition coefficient (Wildman–Crippen LogP) is 3.66. The Hall–Kier alpha value is -2.17. The number of likely N-dealkylation sites (N-methyl/N-ethyl adjacent to an activating group) is 1. The van der Waals surface area contributed by atoms with Crippen LogP contribution in [0.15, 0.2) is 30.3 Å². The van der Waals surface area contributed by atoms with Gasteiger partial charge in [-0.25, -0.2) is 9.18 Å². The normalized spacial score (nSPS) is 14.5. The molecule has 0 aliphatic rings. The number of hydrogen-bond acceptors (Lipinski definition) is 3. The van der Waals surface area contributed by atoms with Gasteiger partial charge in [0.1, 0.15) is 23.2 Å². The molecule has 0 fully saturated rings. The zero-order valence-corrected chi connectivity index (χ0v) is 13.6. The molecule has 0 spiro atoms. The van der Waals surface area contributed by atoms with Gasteiger partial charge in [0.05, 0.1) is 0 Å². The van der Waals surface area contributed by atoms with Crippen LogP contribution in [0.5, 0.6) is 0 Å². The van der Waals surface area contributed by atoms with E-state index in [0.717, 1.165) is 5.56 Å². The van der Waals surface area contributed by atoms with E-state index in [-0.39, 0.29) is 5.82 Å². The molecule has 0 aliphatic carbocycles. The van der Waals surface area contributed by atoms with Crippen molar-refractivity contribution < 1.29 is 18.7 Å². The van der Waals surface area contributed by atoms with Crippen LogP contribution in [0, 0.1) is 5.82 Å². The number of amides is 1. The molecule has 0 saturated heterocycles. The molecule has 120 valence electrons. The van der Waals surface area contributed by atoms with E-state index >= 15 is 0 Å². The van der Waals surface area contributed by atoms with Crippen LogP contribution in [-0.2, 0) is 9.53 Å². The van der Waals surface area contributed by atoms with Gasteiger partial charge in [-0.2, -0.15) is 0 Å². The second kappa shape index (κ2) is 6.73. The summed E-state index contributed by atoms with van der Waals surface area (Å²) < 4.78 is 18.1. The highest BCUT2D eigenvalue weighted by atomic mass is 19.1. The third-order valence-corrected chi connectivity index (χ3v) is 3.11. The van der Waals surface area contributed by atoms with Gasteiger partial charge in [-0.05, 0) is 45.4 Å². The molecule has 0 radical (unpaired) electrons. The maximum Gasteiger partial charge on any atom is 0.411 e. The number of rotatable bonds is 4. The Balaban J connectivity index is 2.93. The molecule has 0 N–H and O–H groups in total. The molecule has 5 heteroatoms. The molecular formula is C17H22FNO3. The van der Waals surface area contributed by atoms with Crippen molar-refractivity contribution in [2.45, 2.75) is 38.8 Å². The minimum Gasteiger partial charge on any atom is -0.444 e. The lowest BCUT2D eigenvalue weighted by Gasteiger charge is -2.33. The lowest BCUT2D eigenvalue weighted by Crippen LogP contribution is -2.49. The van der Waals surface area contributed by atoms with E-state index in [1.165, 1.54) is 24.1 Å². The summed E-state index contributed by atoms with van der Waals surface area (Å²) in [4.78, 5) is 24.8. The van der Waals surface area contributed by atoms with Gasteiger partial charge in [0, 0.05) is 7.05 Å². The summed E-state index contributed by atoms with van der Waals surface area (Å²) in [5.41, 5.74) is -1.07. The number of hydrogen-bond donors (Lipinski definition) is 0. The number of carbonyl (C=O) groups is 2. The quantitative estimate of drug-likeness (QED) is 0.797. The van der Waals surface area contributed by atoms with E-state index in [0.29, 0.717) is 6.29 Å². The molecular weight excluding hydrogens is 285 g/mol. The van der Waals surface area contributed by atoms with Crippen molar-refractivity contribution in [1.82, 2.24) is 4.90 Å². The van der Waals surface area contributed by atoms with Crippen molar-refractivity contribution in [3.05, 3.63) is 41.7 Å². The molecule has 0 saturated carbocycles. The van der Waals surface area contributed by atoms with Crippen molar-refractivity contribution >= 4 is 18.5 Å². The van der Waals surface area contributed by atoms with E-state index < -0.39 is 17.2 Å². The van der Waals surface area contributed by atoms with E-state index in [4.69, 9.17) is 4.74 Å². The molecule has 0 aromatic heterocycles. The van der Waals surface area contributed by atoms with Crippen molar-refractivity contribution in [3.8, 4) is 0 Å². The van der Waals surface area contributed by atoms with Gasteiger partial charge in [0.25, 0.3) is 0 Å². The van der Waals surface area contributed by atoms with Gasteiger partial charge in [-0.3, -0.25) is 4.90 Å². The fourth-order valence-corrected chi connectivity index (χ4v) is 1.60. The summed E-state index contributed by atoms with van der Waals surface area (Å²) in [5, 5.41) is 0. The van der Waals surface area contributed by atoms with Crippen LogP contribution < -0.4 is 0 Å². The Kier molecular flexibility index (Phi) is 5.47. The van der Waals surface area contributed by atoms with Crippen LogP contribution in [0.25, 0.3) is 6.08 Å². The highest BCUT2D eigenvalue weighted by molar-refractivity contribution is 5.79. The van der Waals surface area contributed by atoms with Crippen molar-refractivity contribution in [3.63, 3.8) is 0 Å². The molecule has 0 bridgehead atoms. The monoisotopic (exact) mass is 307 g/mol. The van der Waals surface area contributed by atoms with E-state index in [2.05, 4.69) is 0 Å². The summed E-state index contributed by atoms with van der Waals surface area (Å²) in [6.07, 6.45) is 3.31. The van der Waals surface area contributed by atoms with Gasteiger partial charge < -0.3 is 9.53 Å². The number of aldehydes is 1. The Bertz CT molecular complexity index is 560. The molecule has 1 atom stereocenters. The van der Waals surface area contributed by atoms with Crippen LogP contribution in [0.2, 0.25) is 0 Å². The first-order valence-electron chi connectivity index (χ1n) is 6.95. The number of carbonyl (C=O) groups excluding carboxylic acids is 2. The first-order valence-corrected chi connectivity index (χ1v) is 6.95. The summed E-state index contributed by atoms with van der Waals surface area (Å²) in [5.74, 6) is -0.332. The third-order valence-electron chi connectivity index (χ3n) is 3.11. The molecule has 1 aromatic rings. The molecule has 22 heavy (non-hydrogen) atoms. The van der Waals surface area contributed by atoms with Crippen molar-refractivity contribution in [2.24, 2.45) is 0 Å². The van der Waals surface area contributed by atoms with Crippen LogP contribution in [0.3, 0.4) is 0 Å². The summed E-state index contributed by atoms with van der Waals surface area (Å²) in [7, 11) is 1.50. The van der Waals surface area contributed by atoms with E-state index in [9.17, 15) is 14.0 Å². The minimum absolute atomic E-state index is 0.332. The lowest BCUT2D eigenvalue weighted by atomic mass is 10.0. The lowest BCUT2D eigenvalue weighted by molar-refractivity contribution is -0.114. The predicted molar refractivity (Wildman–Crippen MR) is 83.9 cm³/mol. The maximum atomic E-state index is 12.9. The highest BCUT2D eigenvalue weighted by Crippen LogP contribution is 2.19. The molecule has 4 nitrogen and oxygen atoms in total. The van der Waals surface area contributed by atoms with Gasteiger partial charge in [-0.15, -0.1) is 0 Å². The Morgan fingerprint density at radius 3 is 2.18 bits per heavy atom. The summed E-state index contributed by atoms with van der Waals surface area (Å²) >= 11 is 0. The molecule has 1 rings (SSSR count). The van der Waals surface area contributed by atoms with Crippen molar-refractivity contribution in [2.75, 3.05) is 7.05 Å². The maximum absolute atomic E-state index is 12.9. The fourth-order valence-electron chi connectivity index (χ4n) is 1.60. The van der Waals surface area contributed by atoms with Gasteiger partial charge in [0.15, 0.2) is 0 Å². The first-order chi connectivity index (χ1) is 10.1. The van der Waals surface area contributed by atoms with Crippen LogP contribution in [0.4, 0.5) is 9.18 Å².